The van der Waals surface area contributed by atoms with E-state index in [4.69, 9.17) is 14.2 Å². The van der Waals surface area contributed by atoms with E-state index in [1.807, 2.05) is 32.9 Å². The van der Waals surface area contributed by atoms with Crippen LogP contribution in [0, 0.1) is 0 Å². The van der Waals surface area contributed by atoms with E-state index < -0.39 is 11.7 Å². The summed E-state index contributed by atoms with van der Waals surface area (Å²) in [5, 5.41) is 2.64. The van der Waals surface area contributed by atoms with Crippen molar-refractivity contribution in [2.45, 2.75) is 26.4 Å². The van der Waals surface area contributed by atoms with E-state index in [0.29, 0.717) is 18.3 Å². The minimum Gasteiger partial charge on any atom is -0.481 e. The molecule has 0 aromatic carbocycles. The van der Waals surface area contributed by atoms with Gasteiger partial charge in [-0.05, 0) is 26.8 Å². The molecule has 6 nitrogen and oxygen atoms in total. The van der Waals surface area contributed by atoms with Gasteiger partial charge in [-0.1, -0.05) is 12.2 Å². The molecule has 1 heterocycles. The quantitative estimate of drug-likeness (QED) is 0.904. The highest BCUT2D eigenvalue weighted by atomic mass is 16.6. The van der Waals surface area contributed by atoms with E-state index in [1.54, 1.807) is 19.3 Å². The number of nitrogens with zero attached hydrogens (tertiary/aromatic N) is 1. The second-order valence-corrected chi connectivity index (χ2v) is 5.24. The van der Waals surface area contributed by atoms with Crippen LogP contribution in [0.4, 0.5) is 4.79 Å². The Morgan fingerprint density at radius 3 is 2.57 bits per heavy atom. The van der Waals surface area contributed by atoms with Crippen LogP contribution in [0.2, 0.25) is 0 Å². The van der Waals surface area contributed by atoms with Gasteiger partial charge in [0.15, 0.2) is 0 Å². The molecule has 0 saturated carbocycles. The van der Waals surface area contributed by atoms with Crippen molar-refractivity contribution in [2.24, 2.45) is 0 Å². The molecule has 1 rings (SSSR count). The molecule has 0 aliphatic rings. The number of nitrogens with one attached hydrogen (secondary N) is 1. The molecular weight excluding hydrogens is 272 g/mol. The van der Waals surface area contributed by atoms with Crippen LogP contribution in [-0.2, 0) is 4.74 Å². The van der Waals surface area contributed by atoms with Crippen LogP contribution in [0.3, 0.4) is 0 Å². The number of carbonyl (C=O) groups excluding carboxylic acids is 1. The normalized spacial score (nSPS) is 11.3. The molecule has 0 aliphatic heterocycles. The van der Waals surface area contributed by atoms with E-state index in [-0.39, 0.29) is 0 Å². The highest BCUT2D eigenvalue weighted by Gasteiger charge is 2.15. The summed E-state index contributed by atoms with van der Waals surface area (Å²) in [4.78, 5) is 15.6. The minimum absolute atomic E-state index is 0.351. The number of methoxy groups -OCH3 is 2. The molecule has 1 aromatic rings. The number of carbonyl (C=O) groups is 1. The van der Waals surface area contributed by atoms with E-state index in [2.05, 4.69) is 10.3 Å². The Morgan fingerprint density at radius 2 is 2.00 bits per heavy atom. The van der Waals surface area contributed by atoms with Gasteiger partial charge in [-0.25, -0.2) is 4.79 Å². The van der Waals surface area contributed by atoms with Crippen LogP contribution in [0.1, 0.15) is 26.3 Å². The smallest absolute Gasteiger partial charge is 0.407 e. The number of pyridine rings is 1. The van der Waals surface area contributed by atoms with Crippen LogP contribution >= 0.6 is 0 Å². The van der Waals surface area contributed by atoms with Gasteiger partial charge in [0.2, 0.25) is 11.8 Å². The van der Waals surface area contributed by atoms with Crippen molar-refractivity contribution in [1.29, 1.82) is 0 Å². The molecule has 1 N–H and O–H groups in total. The third-order valence-electron chi connectivity index (χ3n) is 2.33. The fourth-order valence-corrected chi connectivity index (χ4v) is 1.48. The predicted molar refractivity (Wildman–Crippen MR) is 80.6 cm³/mol. The topological polar surface area (TPSA) is 69.7 Å². The molecule has 0 bridgehead atoms. The number of hydrogen-bond donors (Lipinski definition) is 1. The summed E-state index contributed by atoms with van der Waals surface area (Å²) in [6.07, 6.45) is 3.14. The van der Waals surface area contributed by atoms with Gasteiger partial charge in [0.1, 0.15) is 5.60 Å². The number of amides is 1. The summed E-state index contributed by atoms with van der Waals surface area (Å²) in [6, 6.07) is 3.57. The SMILES string of the molecule is COc1ccc(C=CCNC(=O)OC(C)(C)C)c(OC)n1. The standard InChI is InChI=1S/C15H22N2O4/c1-15(2,3)21-14(18)16-10-6-7-11-8-9-12(19-4)17-13(11)20-5/h6-9H,10H2,1-5H3,(H,16,18). The van der Waals surface area contributed by atoms with E-state index >= 15 is 0 Å². The molecular formula is C15H22N2O4. The largest absolute Gasteiger partial charge is 0.481 e. The molecule has 6 heteroatoms. The van der Waals surface area contributed by atoms with Gasteiger partial charge >= 0.3 is 6.09 Å². The number of hydrogen-bond acceptors (Lipinski definition) is 5. The molecule has 0 saturated heterocycles. The third-order valence-corrected chi connectivity index (χ3v) is 2.33. The van der Waals surface area contributed by atoms with Gasteiger partial charge in [-0.2, -0.15) is 4.98 Å². The second-order valence-electron chi connectivity index (χ2n) is 5.24. The maximum Gasteiger partial charge on any atom is 0.407 e. The van der Waals surface area contributed by atoms with Crippen LogP contribution in [0.15, 0.2) is 18.2 Å². The first kappa shape index (κ1) is 16.8. The first-order chi connectivity index (χ1) is 9.85. The fourth-order valence-electron chi connectivity index (χ4n) is 1.48. The molecule has 0 unspecified atom stereocenters. The van der Waals surface area contributed by atoms with Crippen molar-refractivity contribution in [2.75, 3.05) is 20.8 Å². The van der Waals surface area contributed by atoms with Crippen LogP contribution < -0.4 is 14.8 Å². The van der Waals surface area contributed by atoms with Crippen molar-refractivity contribution in [3.63, 3.8) is 0 Å². The number of aromatic nitrogens is 1. The van der Waals surface area contributed by atoms with Crippen LogP contribution in [0.5, 0.6) is 11.8 Å². The third kappa shape index (κ3) is 6.16. The summed E-state index contributed by atoms with van der Waals surface area (Å²) in [7, 11) is 3.08. The van der Waals surface area contributed by atoms with Gasteiger partial charge in [0, 0.05) is 18.2 Å². The Morgan fingerprint density at radius 1 is 1.29 bits per heavy atom. The summed E-state index contributed by atoms with van der Waals surface area (Å²) in [6.45, 7) is 5.80. The summed E-state index contributed by atoms with van der Waals surface area (Å²) < 4.78 is 15.3. The van der Waals surface area contributed by atoms with Gasteiger partial charge in [-0.15, -0.1) is 0 Å². The molecule has 0 atom stereocenters. The Bertz CT molecular complexity index is 507. The Labute approximate surface area is 125 Å². The zero-order valence-electron chi connectivity index (χ0n) is 13.1. The zero-order chi connectivity index (χ0) is 15.9. The summed E-state index contributed by atoms with van der Waals surface area (Å²) in [5.41, 5.74) is 0.293. The van der Waals surface area contributed by atoms with Gasteiger partial charge < -0.3 is 19.5 Å². The first-order valence-corrected chi connectivity index (χ1v) is 6.58. The Hall–Kier alpha value is -2.24. The van der Waals surface area contributed by atoms with Crippen molar-refractivity contribution in [3.8, 4) is 11.8 Å². The molecule has 0 fully saturated rings. The lowest BCUT2D eigenvalue weighted by atomic mass is 10.2. The van der Waals surface area contributed by atoms with E-state index in [9.17, 15) is 4.79 Å². The Kier molecular flexibility index (Phi) is 6.02. The second kappa shape index (κ2) is 7.52. The number of alkyl carbamates (subject to hydrolysis) is 1. The lowest BCUT2D eigenvalue weighted by molar-refractivity contribution is 0.0534. The molecule has 21 heavy (non-hydrogen) atoms. The summed E-state index contributed by atoms with van der Waals surface area (Å²) in [5.74, 6) is 0.943. The lowest BCUT2D eigenvalue weighted by Crippen LogP contribution is -2.32. The van der Waals surface area contributed by atoms with E-state index in [1.165, 1.54) is 7.11 Å². The fraction of sp³-hybridized carbons (Fsp3) is 0.467. The molecule has 0 radical (unpaired) electrons. The highest BCUT2D eigenvalue weighted by molar-refractivity contribution is 5.68. The molecule has 116 valence electrons. The zero-order valence-corrected chi connectivity index (χ0v) is 13.1. The Balaban J connectivity index is 2.56. The predicted octanol–water partition coefficient (Wildman–Crippen LogP) is 2.64. The van der Waals surface area contributed by atoms with Crippen LogP contribution in [0.25, 0.3) is 6.08 Å². The average Bonchev–Trinajstić information content (AvgIpc) is 2.41. The maximum atomic E-state index is 11.5. The van der Waals surface area contributed by atoms with Gasteiger partial charge in [0.05, 0.1) is 14.2 Å². The maximum absolute atomic E-state index is 11.5. The van der Waals surface area contributed by atoms with Crippen molar-refractivity contribution >= 4 is 12.2 Å². The molecule has 1 aromatic heterocycles. The van der Waals surface area contributed by atoms with Crippen LogP contribution in [-0.4, -0.2) is 37.4 Å². The average molecular weight is 294 g/mol. The first-order valence-electron chi connectivity index (χ1n) is 6.58. The molecule has 0 spiro atoms. The molecule has 0 aliphatic carbocycles. The molecule has 1 amide bonds. The van der Waals surface area contributed by atoms with Crippen molar-refractivity contribution < 1.29 is 19.0 Å². The number of rotatable bonds is 5. The number of ether oxygens (including phenoxy) is 3. The lowest BCUT2D eigenvalue weighted by Gasteiger charge is -2.19. The highest BCUT2D eigenvalue weighted by Crippen LogP contribution is 2.20. The van der Waals surface area contributed by atoms with E-state index in [0.717, 1.165) is 5.56 Å². The monoisotopic (exact) mass is 294 g/mol. The van der Waals surface area contributed by atoms with Gasteiger partial charge in [0.25, 0.3) is 0 Å². The van der Waals surface area contributed by atoms with Crippen molar-refractivity contribution in [1.82, 2.24) is 10.3 Å². The van der Waals surface area contributed by atoms with Gasteiger partial charge in [-0.3, -0.25) is 0 Å². The summed E-state index contributed by atoms with van der Waals surface area (Å²) >= 11 is 0. The minimum atomic E-state index is -0.503. The van der Waals surface area contributed by atoms with Crippen molar-refractivity contribution in [3.05, 3.63) is 23.8 Å².